The third-order valence-corrected chi connectivity index (χ3v) is 5.60. The topological polar surface area (TPSA) is 61.4 Å². The first-order valence-electron chi connectivity index (χ1n) is 9.46. The number of hydrogen-bond donors (Lipinski definition) is 2. The summed E-state index contributed by atoms with van der Waals surface area (Å²) in [5.74, 6) is 0.939. The number of piperidine rings is 1. The van der Waals surface area contributed by atoms with Gasteiger partial charge in [0.2, 0.25) is 11.8 Å². The highest BCUT2D eigenvalue weighted by Crippen LogP contribution is 2.18. The van der Waals surface area contributed by atoms with Gasteiger partial charge in [-0.1, -0.05) is 37.3 Å². The number of nitrogens with one attached hydrogen (secondary N) is 2. The molecule has 1 aromatic carbocycles. The first-order valence-corrected chi connectivity index (χ1v) is 9.46. The van der Waals surface area contributed by atoms with Gasteiger partial charge in [0.15, 0.2) is 0 Å². The number of carbonyl (C=O) groups is 2. The van der Waals surface area contributed by atoms with Crippen LogP contribution in [-0.2, 0) is 16.0 Å². The van der Waals surface area contributed by atoms with Crippen molar-refractivity contribution < 1.29 is 9.59 Å². The van der Waals surface area contributed by atoms with Crippen LogP contribution in [0.1, 0.15) is 31.7 Å². The summed E-state index contributed by atoms with van der Waals surface area (Å²) >= 11 is 0. The van der Waals surface area contributed by atoms with Gasteiger partial charge in [-0.2, -0.15) is 0 Å². The molecule has 1 unspecified atom stereocenters. The normalized spacial score (nSPS) is 19.2. The van der Waals surface area contributed by atoms with E-state index in [0.717, 1.165) is 45.4 Å². The summed E-state index contributed by atoms with van der Waals surface area (Å²) in [4.78, 5) is 26.6. The number of benzene rings is 1. The van der Waals surface area contributed by atoms with Gasteiger partial charge in [-0.25, -0.2) is 0 Å². The Morgan fingerprint density at radius 1 is 1.19 bits per heavy atom. The van der Waals surface area contributed by atoms with E-state index < -0.39 is 0 Å². The Kier molecular flexibility index (Phi) is 7.91. The van der Waals surface area contributed by atoms with Gasteiger partial charge in [0.25, 0.3) is 0 Å². The molecule has 3 rings (SSSR count). The molecule has 144 valence electrons. The van der Waals surface area contributed by atoms with Gasteiger partial charge < -0.3 is 15.5 Å². The highest BCUT2D eigenvalue weighted by molar-refractivity contribution is 5.85. The molecule has 2 aliphatic rings. The first-order chi connectivity index (χ1) is 12.1. The average Bonchev–Trinajstić information content (AvgIpc) is 2.59. The lowest BCUT2D eigenvalue weighted by Gasteiger charge is -2.35. The van der Waals surface area contributed by atoms with E-state index in [1.165, 1.54) is 5.56 Å². The summed E-state index contributed by atoms with van der Waals surface area (Å²) in [6.45, 7) is 5.41. The second-order valence-electron chi connectivity index (χ2n) is 7.36. The third kappa shape index (κ3) is 5.45. The highest BCUT2D eigenvalue weighted by atomic mass is 35.5. The summed E-state index contributed by atoms with van der Waals surface area (Å²) in [6, 6.07) is 10.3. The van der Waals surface area contributed by atoms with Gasteiger partial charge in [0.05, 0.1) is 0 Å². The van der Waals surface area contributed by atoms with Crippen molar-refractivity contribution in [3.63, 3.8) is 0 Å². The van der Waals surface area contributed by atoms with E-state index in [1.807, 2.05) is 30.0 Å². The number of amides is 2. The molecule has 5 nitrogen and oxygen atoms in total. The predicted octanol–water partition coefficient (Wildman–Crippen LogP) is 2.00. The fourth-order valence-electron chi connectivity index (χ4n) is 3.54. The molecule has 0 radical (unpaired) electrons. The molecule has 2 N–H and O–H groups in total. The van der Waals surface area contributed by atoms with E-state index in [0.29, 0.717) is 12.3 Å². The molecule has 0 aromatic heterocycles. The van der Waals surface area contributed by atoms with Crippen molar-refractivity contribution in [2.24, 2.45) is 11.8 Å². The van der Waals surface area contributed by atoms with Gasteiger partial charge >= 0.3 is 0 Å². The maximum absolute atomic E-state index is 12.4. The van der Waals surface area contributed by atoms with E-state index in [4.69, 9.17) is 0 Å². The summed E-state index contributed by atoms with van der Waals surface area (Å²) < 4.78 is 0. The Hall–Kier alpha value is -1.59. The molecule has 2 heterocycles. The zero-order valence-corrected chi connectivity index (χ0v) is 16.3. The van der Waals surface area contributed by atoms with Crippen LogP contribution >= 0.6 is 12.4 Å². The number of likely N-dealkylation sites (tertiary alicyclic amines) is 1. The molecule has 0 bridgehead atoms. The van der Waals surface area contributed by atoms with Crippen molar-refractivity contribution in [3.8, 4) is 0 Å². The molecule has 1 atom stereocenters. The second-order valence-corrected chi connectivity index (χ2v) is 7.36. The number of aryl methyl sites for hydroxylation is 1. The largest absolute Gasteiger partial charge is 0.353 e. The minimum atomic E-state index is 0. The van der Waals surface area contributed by atoms with Gasteiger partial charge in [-0.15, -0.1) is 12.4 Å². The lowest BCUT2D eigenvalue weighted by molar-refractivity contribution is -0.132. The van der Waals surface area contributed by atoms with Gasteiger partial charge in [-0.3, -0.25) is 9.59 Å². The Labute approximate surface area is 162 Å². The second kappa shape index (κ2) is 9.93. The lowest BCUT2D eigenvalue weighted by Crippen LogP contribution is -2.52. The predicted molar refractivity (Wildman–Crippen MR) is 105 cm³/mol. The monoisotopic (exact) mass is 379 g/mol. The van der Waals surface area contributed by atoms with Crippen LogP contribution < -0.4 is 10.6 Å². The zero-order valence-electron chi connectivity index (χ0n) is 15.4. The molecule has 1 aromatic rings. The van der Waals surface area contributed by atoms with Gasteiger partial charge in [0.1, 0.15) is 0 Å². The molecule has 26 heavy (non-hydrogen) atoms. The van der Waals surface area contributed by atoms with Gasteiger partial charge in [0, 0.05) is 31.5 Å². The smallest absolute Gasteiger partial charge is 0.223 e. The van der Waals surface area contributed by atoms with Gasteiger partial charge in [-0.05, 0) is 43.8 Å². The standard InChI is InChI=1S/C20H29N3O2.ClH/c1-15(17-13-21-14-17)20(25)22-18-9-11-23(12-10-18)19(24)8-7-16-5-3-2-4-6-16;/h2-6,15,17-18,21H,7-14H2,1H3,(H,22,25);1H. The molecule has 2 saturated heterocycles. The van der Waals surface area contributed by atoms with Crippen LogP contribution in [0.3, 0.4) is 0 Å². The maximum atomic E-state index is 12.4. The SMILES string of the molecule is CC(C(=O)NC1CCN(C(=O)CCc2ccccc2)CC1)C1CNC1.Cl. The lowest BCUT2D eigenvalue weighted by atomic mass is 9.88. The Balaban J connectivity index is 0.00000243. The van der Waals surface area contributed by atoms with Crippen LogP contribution in [0.2, 0.25) is 0 Å². The van der Waals surface area contributed by atoms with E-state index in [1.54, 1.807) is 0 Å². The van der Waals surface area contributed by atoms with E-state index in [2.05, 4.69) is 22.8 Å². The van der Waals surface area contributed by atoms with Crippen molar-refractivity contribution in [3.05, 3.63) is 35.9 Å². The Bertz CT molecular complexity index is 584. The van der Waals surface area contributed by atoms with Crippen LogP contribution in [0, 0.1) is 11.8 Å². The molecule has 6 heteroatoms. The summed E-state index contributed by atoms with van der Waals surface area (Å²) in [6.07, 6.45) is 3.08. The zero-order chi connectivity index (χ0) is 17.6. The minimum absolute atomic E-state index is 0. The van der Waals surface area contributed by atoms with Crippen molar-refractivity contribution in [1.82, 2.24) is 15.5 Å². The molecular formula is C20H30ClN3O2. The third-order valence-electron chi connectivity index (χ3n) is 5.60. The van der Waals surface area contributed by atoms with Crippen molar-refractivity contribution in [2.45, 2.75) is 38.6 Å². The Morgan fingerprint density at radius 3 is 2.42 bits per heavy atom. The number of halogens is 1. The van der Waals surface area contributed by atoms with E-state index in [9.17, 15) is 9.59 Å². The van der Waals surface area contributed by atoms with Crippen LogP contribution in [0.4, 0.5) is 0 Å². The van der Waals surface area contributed by atoms with Crippen LogP contribution in [0.15, 0.2) is 30.3 Å². The number of hydrogen-bond acceptors (Lipinski definition) is 3. The summed E-state index contributed by atoms with van der Waals surface area (Å²) in [5, 5.41) is 6.40. The first kappa shape index (κ1) is 20.7. The molecule has 0 saturated carbocycles. The van der Waals surface area contributed by atoms with Crippen LogP contribution in [-0.4, -0.2) is 48.9 Å². The molecular weight excluding hydrogens is 350 g/mol. The summed E-state index contributed by atoms with van der Waals surface area (Å²) in [5.41, 5.74) is 1.21. The van der Waals surface area contributed by atoms with Crippen molar-refractivity contribution >= 4 is 24.2 Å². The fourth-order valence-corrected chi connectivity index (χ4v) is 3.54. The van der Waals surface area contributed by atoms with Crippen LogP contribution in [0.25, 0.3) is 0 Å². The Morgan fingerprint density at radius 2 is 1.85 bits per heavy atom. The quantitative estimate of drug-likeness (QED) is 0.794. The number of rotatable bonds is 6. The molecule has 2 fully saturated rings. The molecule has 2 amide bonds. The summed E-state index contributed by atoms with van der Waals surface area (Å²) in [7, 11) is 0. The molecule has 0 spiro atoms. The minimum Gasteiger partial charge on any atom is -0.353 e. The molecule has 0 aliphatic carbocycles. The highest BCUT2D eigenvalue weighted by Gasteiger charge is 2.31. The maximum Gasteiger partial charge on any atom is 0.223 e. The average molecular weight is 380 g/mol. The van der Waals surface area contributed by atoms with Crippen LogP contribution in [0.5, 0.6) is 0 Å². The van der Waals surface area contributed by atoms with E-state index in [-0.39, 0.29) is 36.2 Å². The van der Waals surface area contributed by atoms with E-state index >= 15 is 0 Å². The van der Waals surface area contributed by atoms with Crippen molar-refractivity contribution in [2.75, 3.05) is 26.2 Å². The number of carbonyl (C=O) groups excluding carboxylic acids is 2. The number of nitrogens with zero attached hydrogens (tertiary/aromatic N) is 1. The fraction of sp³-hybridized carbons (Fsp3) is 0.600. The molecule has 2 aliphatic heterocycles. The van der Waals surface area contributed by atoms with Crippen molar-refractivity contribution in [1.29, 1.82) is 0 Å².